The van der Waals surface area contributed by atoms with Crippen LogP contribution in [0.2, 0.25) is 0 Å². The van der Waals surface area contributed by atoms with E-state index in [9.17, 15) is 0 Å². The highest BCUT2D eigenvalue weighted by Gasteiger charge is 1.83. The molecule has 0 aromatic rings. The molecule has 1 heterocycles. The van der Waals surface area contributed by atoms with Crippen molar-refractivity contribution < 1.29 is 0 Å². The largest absolute Gasteiger partial charge is 0.215 e. The molecular weight excluding hydrogens is 269 g/mol. The van der Waals surface area contributed by atoms with E-state index in [-0.39, 0.29) is 21.0 Å². The highest BCUT2D eigenvalue weighted by Crippen LogP contribution is 2.19. The Morgan fingerprint density at radius 3 is 2.86 bits per heavy atom. The molecule has 0 N–H and O–H groups in total. The molecule has 0 unspecified atom stereocenters. The second-order valence-corrected chi connectivity index (χ2v) is 3.56. The highest BCUT2D eigenvalue weighted by atomic mass is 127. The van der Waals surface area contributed by atoms with Crippen molar-refractivity contribution >= 4 is 37.0 Å². The first kappa shape index (κ1) is 5.62. The molecule has 0 aliphatic carbocycles. The lowest BCUT2D eigenvalue weighted by molar-refractivity contribution is 1.63. The number of halogens is 2. The maximum absolute atomic E-state index is 4.13. The van der Waals surface area contributed by atoms with Crippen LogP contribution in [0.3, 0.4) is 0 Å². The van der Waals surface area contributed by atoms with Crippen LogP contribution < -0.4 is 0 Å². The van der Waals surface area contributed by atoms with Crippen molar-refractivity contribution in [3.8, 4) is 0 Å². The van der Waals surface area contributed by atoms with Gasteiger partial charge in [-0.1, -0.05) is 6.08 Å². The first-order valence-electron chi connectivity index (χ1n) is 1.76. The molecule has 0 fully saturated rings. The highest BCUT2D eigenvalue weighted by molar-refractivity contribution is 14.2. The lowest BCUT2D eigenvalue weighted by atomic mass is 10.6. The fraction of sp³-hybridized carbons (Fsp3) is 0. The minimum Gasteiger partial charge on any atom is -0.215 e. The Hall–Kier alpha value is 0.490. The van der Waals surface area contributed by atoms with E-state index < -0.39 is 0 Å². The van der Waals surface area contributed by atoms with Crippen LogP contribution in [-0.2, 0) is 0 Å². The first-order chi connectivity index (χ1) is 3.39. The smallest absolute Gasteiger partial charge is 0.112 e. The molecule has 0 radical (unpaired) electrons. The van der Waals surface area contributed by atoms with Gasteiger partial charge in [0.2, 0.25) is 0 Å². The van der Waals surface area contributed by atoms with E-state index in [0.717, 1.165) is 4.61 Å². The van der Waals surface area contributed by atoms with Crippen molar-refractivity contribution in [1.82, 2.24) is 0 Å². The molecule has 0 saturated carbocycles. The summed E-state index contributed by atoms with van der Waals surface area (Å²) >= 11 is 3.26. The molecule has 0 amide bonds. The van der Waals surface area contributed by atoms with E-state index in [1.54, 1.807) is 0 Å². The van der Waals surface area contributed by atoms with Crippen molar-refractivity contribution in [3.05, 3.63) is 20.8 Å². The molecular formula is C4H3BrIN. The fourth-order valence-corrected chi connectivity index (χ4v) is 1.90. The van der Waals surface area contributed by atoms with E-state index in [4.69, 9.17) is 0 Å². The molecule has 38 valence electrons. The Labute approximate surface area is 60.8 Å². The number of hydrogen-bond donors (Lipinski definition) is 0. The molecule has 0 aromatic carbocycles. The second kappa shape index (κ2) is 2.71. The number of nitrogens with zero attached hydrogens (tertiary/aromatic N) is 1. The van der Waals surface area contributed by atoms with E-state index in [1.165, 1.54) is 0 Å². The Morgan fingerprint density at radius 2 is 2.57 bits per heavy atom. The van der Waals surface area contributed by atoms with Gasteiger partial charge in [0.05, 0.1) is 0 Å². The lowest BCUT2D eigenvalue weighted by Gasteiger charge is -1.85. The molecule has 1 nitrogen and oxygen atoms in total. The minimum absolute atomic E-state index is 0.00377. The van der Waals surface area contributed by atoms with E-state index in [2.05, 4.69) is 23.2 Å². The monoisotopic (exact) mass is 271 g/mol. The van der Waals surface area contributed by atoms with Crippen LogP contribution in [0.5, 0.6) is 0 Å². The molecule has 0 atom stereocenters. The summed E-state index contributed by atoms with van der Waals surface area (Å²) in [5.74, 6) is 0. The third-order valence-corrected chi connectivity index (χ3v) is 3.13. The van der Waals surface area contributed by atoms with Crippen LogP contribution in [0.4, 0.5) is 0 Å². The van der Waals surface area contributed by atoms with Crippen LogP contribution in [0.1, 0.15) is 0 Å². The zero-order chi connectivity index (χ0) is 5.11. The van der Waals surface area contributed by atoms with E-state index in [1.807, 2.05) is 12.2 Å². The number of hydrogen-bond acceptors (Lipinski definition) is 1. The van der Waals surface area contributed by atoms with Gasteiger partial charge in [0, 0.05) is 21.0 Å². The maximum Gasteiger partial charge on any atom is 0.112 e. The molecule has 0 saturated heterocycles. The summed E-state index contributed by atoms with van der Waals surface area (Å²) in [7, 11) is 0. The molecule has 1 rings (SSSR count). The summed E-state index contributed by atoms with van der Waals surface area (Å²) in [6.45, 7) is 0. The number of allylic oxidation sites excluding steroid dienone is 2. The molecule has 0 spiro atoms. The van der Waals surface area contributed by atoms with Gasteiger partial charge in [-0.3, -0.25) is 0 Å². The van der Waals surface area contributed by atoms with Crippen molar-refractivity contribution in [2.75, 3.05) is 0 Å². The van der Waals surface area contributed by atoms with Gasteiger partial charge in [-0.25, -0.2) is 3.15 Å². The zero-order valence-electron chi connectivity index (χ0n) is 3.44. The van der Waals surface area contributed by atoms with Crippen LogP contribution in [0.15, 0.2) is 24.0 Å². The summed E-state index contributed by atoms with van der Waals surface area (Å²) in [5.41, 5.74) is 0. The number of rotatable bonds is 0. The Morgan fingerprint density at radius 1 is 1.71 bits per heavy atom. The molecule has 0 aromatic heterocycles. The predicted octanol–water partition coefficient (Wildman–Crippen LogP) is 2.90. The zero-order valence-corrected chi connectivity index (χ0v) is 7.18. The van der Waals surface area contributed by atoms with Gasteiger partial charge < -0.3 is 0 Å². The SMILES string of the molecule is BrC1=CC=CI=N1. The van der Waals surface area contributed by atoms with Crippen molar-refractivity contribution in [1.29, 1.82) is 0 Å². The van der Waals surface area contributed by atoms with Gasteiger partial charge in [-0.05, 0) is 26.1 Å². The molecule has 0 bridgehead atoms. The molecule has 3 heteroatoms. The Bertz CT molecular complexity index is 148. The average Bonchev–Trinajstić information content (AvgIpc) is 1.69. The van der Waals surface area contributed by atoms with Crippen LogP contribution in [-0.4, -0.2) is 0 Å². The van der Waals surface area contributed by atoms with Gasteiger partial charge in [0.15, 0.2) is 0 Å². The van der Waals surface area contributed by atoms with Gasteiger partial charge in [0.25, 0.3) is 0 Å². The van der Waals surface area contributed by atoms with E-state index >= 15 is 0 Å². The topological polar surface area (TPSA) is 12.4 Å². The molecule has 1 aliphatic heterocycles. The van der Waals surface area contributed by atoms with E-state index in [0.29, 0.717) is 0 Å². The predicted molar refractivity (Wildman–Crippen MR) is 42.6 cm³/mol. The summed E-state index contributed by atoms with van der Waals surface area (Å²) < 4.78 is 7.23. The van der Waals surface area contributed by atoms with Crippen LogP contribution in [0.25, 0.3) is 0 Å². The second-order valence-electron chi connectivity index (χ2n) is 0.990. The summed E-state index contributed by atoms with van der Waals surface area (Å²) in [6.07, 6.45) is 3.98. The van der Waals surface area contributed by atoms with Crippen LogP contribution in [0, 0.1) is 0 Å². The van der Waals surface area contributed by atoms with Gasteiger partial charge >= 0.3 is 0 Å². The van der Waals surface area contributed by atoms with Gasteiger partial charge in [-0.15, -0.1) is 0 Å². The normalized spacial score (nSPS) is 18.1. The maximum atomic E-state index is 4.13. The molecule has 1 aliphatic rings. The summed E-state index contributed by atoms with van der Waals surface area (Å²) in [5, 5.41) is 0. The third-order valence-electron chi connectivity index (χ3n) is 0.492. The lowest BCUT2D eigenvalue weighted by Crippen LogP contribution is -1.57. The fourth-order valence-electron chi connectivity index (χ4n) is 0.251. The standard InChI is InChI=1S/C4H3BrIN/c5-4-2-1-3-6-7-4/h1-3H. The van der Waals surface area contributed by atoms with Crippen molar-refractivity contribution in [3.63, 3.8) is 0 Å². The van der Waals surface area contributed by atoms with Gasteiger partial charge in [0.1, 0.15) is 4.61 Å². The Kier molecular flexibility index (Phi) is 2.18. The molecule has 7 heavy (non-hydrogen) atoms. The minimum atomic E-state index is 0.00377. The van der Waals surface area contributed by atoms with Crippen LogP contribution >= 0.6 is 37.0 Å². The summed E-state index contributed by atoms with van der Waals surface area (Å²) in [6, 6.07) is 0. The van der Waals surface area contributed by atoms with Crippen molar-refractivity contribution in [2.24, 2.45) is 3.15 Å². The van der Waals surface area contributed by atoms with Crippen molar-refractivity contribution in [2.45, 2.75) is 0 Å². The van der Waals surface area contributed by atoms with Gasteiger partial charge in [-0.2, -0.15) is 0 Å². The first-order valence-corrected chi connectivity index (χ1v) is 4.76. The average molecular weight is 272 g/mol. The summed E-state index contributed by atoms with van der Waals surface area (Å²) in [4.78, 5) is 0. The Balaban J connectivity index is 2.82. The quantitative estimate of drug-likeness (QED) is 0.475. The third kappa shape index (κ3) is 1.82.